The lowest BCUT2D eigenvalue weighted by Crippen LogP contribution is -2.48. The Bertz CT molecular complexity index is 949. The van der Waals surface area contributed by atoms with Crippen molar-refractivity contribution in [3.63, 3.8) is 0 Å². The van der Waals surface area contributed by atoms with Gasteiger partial charge in [-0.25, -0.2) is 9.97 Å². The zero-order valence-corrected chi connectivity index (χ0v) is 15.4. The number of amides is 2. The number of nitrogens with zero attached hydrogens (tertiary/aromatic N) is 3. The molecule has 1 fully saturated rings. The van der Waals surface area contributed by atoms with Gasteiger partial charge in [-0.3, -0.25) is 9.59 Å². The van der Waals surface area contributed by atoms with E-state index in [1.54, 1.807) is 6.20 Å². The van der Waals surface area contributed by atoms with E-state index in [2.05, 4.69) is 25.6 Å². The Labute approximate surface area is 162 Å². The van der Waals surface area contributed by atoms with Gasteiger partial charge in [0.05, 0.1) is 29.5 Å². The molecule has 1 aromatic carbocycles. The molecule has 0 unspecified atom stereocenters. The third kappa shape index (κ3) is 4.28. The maximum atomic E-state index is 12.2. The SMILES string of the molecule is O=C1CN(c2ccc(NC(=O)CCCc3nc4ccccc4[nH]3)cn2)CCN1. The van der Waals surface area contributed by atoms with Gasteiger partial charge in [0.2, 0.25) is 11.8 Å². The number of hydrogen-bond acceptors (Lipinski definition) is 5. The highest BCUT2D eigenvalue weighted by Crippen LogP contribution is 2.16. The van der Waals surface area contributed by atoms with Crippen LogP contribution >= 0.6 is 0 Å². The number of carbonyl (C=O) groups excluding carboxylic acids is 2. The van der Waals surface area contributed by atoms with Crippen molar-refractivity contribution in [2.24, 2.45) is 0 Å². The van der Waals surface area contributed by atoms with Crippen molar-refractivity contribution in [3.05, 3.63) is 48.4 Å². The fourth-order valence-electron chi connectivity index (χ4n) is 3.25. The summed E-state index contributed by atoms with van der Waals surface area (Å²) in [7, 11) is 0. The second kappa shape index (κ2) is 8.08. The lowest BCUT2D eigenvalue weighted by atomic mass is 10.2. The van der Waals surface area contributed by atoms with Crippen LogP contribution in [0.15, 0.2) is 42.6 Å². The number of H-pyrrole nitrogens is 1. The van der Waals surface area contributed by atoms with Crippen LogP contribution < -0.4 is 15.5 Å². The Morgan fingerprint density at radius 2 is 2.11 bits per heavy atom. The van der Waals surface area contributed by atoms with Gasteiger partial charge < -0.3 is 20.5 Å². The van der Waals surface area contributed by atoms with Crippen molar-refractivity contribution < 1.29 is 9.59 Å². The minimum atomic E-state index is -0.0528. The molecule has 0 saturated carbocycles. The van der Waals surface area contributed by atoms with Crippen LogP contribution in [0, 0.1) is 0 Å². The molecule has 1 saturated heterocycles. The number of imidazole rings is 1. The summed E-state index contributed by atoms with van der Waals surface area (Å²) in [6.45, 7) is 1.65. The Kier molecular flexibility index (Phi) is 5.18. The van der Waals surface area contributed by atoms with Gasteiger partial charge in [0, 0.05) is 25.9 Å². The van der Waals surface area contributed by atoms with Gasteiger partial charge in [-0.1, -0.05) is 12.1 Å². The van der Waals surface area contributed by atoms with E-state index >= 15 is 0 Å². The molecule has 8 heteroatoms. The third-order valence-electron chi connectivity index (χ3n) is 4.65. The molecule has 28 heavy (non-hydrogen) atoms. The second-order valence-corrected chi connectivity index (χ2v) is 6.78. The highest BCUT2D eigenvalue weighted by molar-refractivity contribution is 5.90. The zero-order valence-electron chi connectivity index (χ0n) is 15.4. The van der Waals surface area contributed by atoms with Gasteiger partial charge in [-0.05, 0) is 30.7 Å². The summed E-state index contributed by atoms with van der Waals surface area (Å²) in [6, 6.07) is 11.5. The number of pyridine rings is 1. The number of nitrogens with one attached hydrogen (secondary N) is 3. The number of anilines is 2. The van der Waals surface area contributed by atoms with Crippen molar-refractivity contribution in [1.29, 1.82) is 0 Å². The molecule has 0 spiro atoms. The molecule has 3 aromatic rings. The van der Waals surface area contributed by atoms with E-state index in [1.807, 2.05) is 41.3 Å². The van der Waals surface area contributed by atoms with Gasteiger partial charge in [0.25, 0.3) is 0 Å². The van der Waals surface area contributed by atoms with Crippen molar-refractivity contribution in [1.82, 2.24) is 20.3 Å². The van der Waals surface area contributed by atoms with Gasteiger partial charge in [-0.15, -0.1) is 0 Å². The first-order valence-corrected chi connectivity index (χ1v) is 9.38. The van der Waals surface area contributed by atoms with Crippen LogP contribution in [-0.2, 0) is 16.0 Å². The molecule has 1 aliphatic heterocycles. The number of hydrogen-bond donors (Lipinski definition) is 3. The maximum Gasteiger partial charge on any atom is 0.239 e. The first kappa shape index (κ1) is 18.0. The molecule has 3 N–H and O–H groups in total. The number of aromatic amines is 1. The smallest absolute Gasteiger partial charge is 0.239 e. The number of carbonyl (C=O) groups is 2. The Hall–Kier alpha value is -3.42. The molecular weight excluding hydrogens is 356 g/mol. The largest absolute Gasteiger partial charge is 0.353 e. The molecule has 3 heterocycles. The molecule has 2 aromatic heterocycles. The summed E-state index contributed by atoms with van der Waals surface area (Å²) in [5.41, 5.74) is 2.61. The van der Waals surface area contributed by atoms with Crippen LogP contribution in [0.3, 0.4) is 0 Å². The summed E-state index contributed by atoms with van der Waals surface area (Å²) < 4.78 is 0. The van der Waals surface area contributed by atoms with Crippen molar-refractivity contribution in [2.45, 2.75) is 19.3 Å². The van der Waals surface area contributed by atoms with Crippen LogP contribution in [0.5, 0.6) is 0 Å². The molecule has 0 bridgehead atoms. The van der Waals surface area contributed by atoms with Crippen LogP contribution in [0.25, 0.3) is 11.0 Å². The van der Waals surface area contributed by atoms with E-state index in [-0.39, 0.29) is 11.8 Å². The summed E-state index contributed by atoms with van der Waals surface area (Å²) in [5, 5.41) is 5.65. The summed E-state index contributed by atoms with van der Waals surface area (Å²) >= 11 is 0. The van der Waals surface area contributed by atoms with E-state index in [0.29, 0.717) is 31.6 Å². The molecule has 2 amide bonds. The van der Waals surface area contributed by atoms with Crippen molar-refractivity contribution in [2.75, 3.05) is 29.9 Å². The standard InChI is InChI=1S/C20H22N6O2/c27-19(7-3-6-17-24-15-4-1-2-5-16(15)25-17)23-14-8-9-18(22-12-14)26-11-10-21-20(28)13-26/h1-2,4-5,8-9,12H,3,6-7,10-11,13H2,(H,21,28)(H,23,27)(H,24,25). The lowest BCUT2D eigenvalue weighted by molar-refractivity contribution is -0.120. The van der Waals surface area contributed by atoms with E-state index in [0.717, 1.165) is 35.6 Å². The van der Waals surface area contributed by atoms with Gasteiger partial charge in [-0.2, -0.15) is 0 Å². The minimum absolute atomic E-state index is 0.00474. The summed E-state index contributed by atoms with van der Waals surface area (Å²) in [4.78, 5) is 37.7. The van der Waals surface area contributed by atoms with Crippen LogP contribution in [0.1, 0.15) is 18.7 Å². The quantitative estimate of drug-likeness (QED) is 0.607. The molecule has 0 aliphatic carbocycles. The maximum absolute atomic E-state index is 12.2. The molecule has 144 valence electrons. The number of piperazine rings is 1. The average molecular weight is 378 g/mol. The normalized spacial score (nSPS) is 14.1. The Morgan fingerprint density at radius 3 is 2.89 bits per heavy atom. The zero-order chi connectivity index (χ0) is 19.3. The molecule has 8 nitrogen and oxygen atoms in total. The number of rotatable bonds is 6. The number of aryl methyl sites for hydroxylation is 1. The average Bonchev–Trinajstić information content (AvgIpc) is 3.11. The number of aromatic nitrogens is 3. The van der Waals surface area contributed by atoms with Gasteiger partial charge in [0.15, 0.2) is 0 Å². The van der Waals surface area contributed by atoms with Gasteiger partial charge >= 0.3 is 0 Å². The summed E-state index contributed by atoms with van der Waals surface area (Å²) in [6.07, 6.45) is 3.46. The van der Waals surface area contributed by atoms with Crippen LogP contribution in [0.4, 0.5) is 11.5 Å². The highest BCUT2D eigenvalue weighted by Gasteiger charge is 2.17. The number of para-hydroxylation sites is 2. The minimum Gasteiger partial charge on any atom is -0.353 e. The molecule has 4 rings (SSSR count). The first-order valence-electron chi connectivity index (χ1n) is 9.38. The topological polar surface area (TPSA) is 103 Å². The molecule has 0 radical (unpaired) electrons. The van der Waals surface area contributed by atoms with Crippen LogP contribution in [0.2, 0.25) is 0 Å². The predicted molar refractivity (Wildman–Crippen MR) is 107 cm³/mol. The second-order valence-electron chi connectivity index (χ2n) is 6.78. The number of fused-ring (bicyclic) bond motifs is 1. The van der Waals surface area contributed by atoms with E-state index in [9.17, 15) is 9.59 Å². The van der Waals surface area contributed by atoms with E-state index in [1.165, 1.54) is 0 Å². The molecule has 0 atom stereocenters. The van der Waals surface area contributed by atoms with Crippen LogP contribution in [-0.4, -0.2) is 46.4 Å². The van der Waals surface area contributed by atoms with Crippen molar-refractivity contribution in [3.8, 4) is 0 Å². The summed E-state index contributed by atoms with van der Waals surface area (Å²) in [5.74, 6) is 1.57. The highest BCUT2D eigenvalue weighted by atomic mass is 16.2. The third-order valence-corrected chi connectivity index (χ3v) is 4.65. The Balaban J connectivity index is 1.26. The lowest BCUT2D eigenvalue weighted by Gasteiger charge is -2.27. The van der Waals surface area contributed by atoms with E-state index in [4.69, 9.17) is 0 Å². The number of benzene rings is 1. The van der Waals surface area contributed by atoms with E-state index < -0.39 is 0 Å². The fourth-order valence-corrected chi connectivity index (χ4v) is 3.25. The molecule has 1 aliphatic rings. The van der Waals surface area contributed by atoms with Crippen molar-refractivity contribution >= 4 is 34.4 Å². The molecular formula is C20H22N6O2. The Morgan fingerprint density at radius 1 is 1.21 bits per heavy atom. The monoisotopic (exact) mass is 378 g/mol. The van der Waals surface area contributed by atoms with Gasteiger partial charge in [0.1, 0.15) is 11.6 Å². The first-order chi connectivity index (χ1) is 13.7. The fraction of sp³-hybridized carbons (Fsp3) is 0.300. The predicted octanol–water partition coefficient (Wildman–Crippen LogP) is 1.86.